The van der Waals surface area contributed by atoms with Crippen LogP contribution < -0.4 is 0 Å². The zero-order valence-corrected chi connectivity index (χ0v) is 12.4. The predicted molar refractivity (Wildman–Crippen MR) is 86.3 cm³/mol. The SMILES string of the molecule is OC[C@@H](c1ccccc1)N1CCC[C@@H](c2ccccc2)C1. The van der Waals surface area contributed by atoms with E-state index in [1.54, 1.807) is 0 Å². The molecular formula is C19H23NO. The van der Waals surface area contributed by atoms with E-state index in [-0.39, 0.29) is 12.6 Å². The first-order valence-electron chi connectivity index (χ1n) is 7.83. The van der Waals surface area contributed by atoms with Crippen molar-refractivity contribution in [3.05, 3.63) is 71.8 Å². The predicted octanol–water partition coefficient (Wildman–Crippen LogP) is 3.60. The molecule has 2 heteroatoms. The molecule has 21 heavy (non-hydrogen) atoms. The highest BCUT2D eigenvalue weighted by Crippen LogP contribution is 2.31. The minimum Gasteiger partial charge on any atom is -0.394 e. The molecule has 2 aromatic rings. The Morgan fingerprint density at radius 3 is 2.33 bits per heavy atom. The summed E-state index contributed by atoms with van der Waals surface area (Å²) in [5.74, 6) is 0.581. The molecular weight excluding hydrogens is 258 g/mol. The average Bonchev–Trinajstić information content (AvgIpc) is 2.58. The Balaban J connectivity index is 1.76. The molecule has 0 bridgehead atoms. The van der Waals surface area contributed by atoms with Crippen molar-refractivity contribution in [2.75, 3.05) is 19.7 Å². The molecule has 0 aliphatic carbocycles. The first-order chi connectivity index (χ1) is 10.4. The fourth-order valence-electron chi connectivity index (χ4n) is 3.39. The van der Waals surface area contributed by atoms with Crippen molar-refractivity contribution in [1.82, 2.24) is 4.90 Å². The Kier molecular flexibility index (Phi) is 4.69. The molecule has 1 N–H and O–H groups in total. The van der Waals surface area contributed by atoms with E-state index in [1.165, 1.54) is 24.0 Å². The summed E-state index contributed by atoms with van der Waals surface area (Å²) in [5, 5.41) is 9.85. The summed E-state index contributed by atoms with van der Waals surface area (Å²) in [7, 11) is 0. The first kappa shape index (κ1) is 14.3. The van der Waals surface area contributed by atoms with Gasteiger partial charge in [-0.05, 0) is 36.4 Å². The van der Waals surface area contributed by atoms with Gasteiger partial charge in [0.15, 0.2) is 0 Å². The van der Waals surface area contributed by atoms with Crippen molar-refractivity contribution >= 4 is 0 Å². The summed E-state index contributed by atoms with van der Waals surface area (Å²) in [5.41, 5.74) is 2.64. The summed E-state index contributed by atoms with van der Waals surface area (Å²) in [6.45, 7) is 2.29. The molecule has 1 aliphatic rings. The van der Waals surface area contributed by atoms with Gasteiger partial charge in [0, 0.05) is 6.54 Å². The van der Waals surface area contributed by atoms with Crippen LogP contribution in [0.1, 0.15) is 35.9 Å². The summed E-state index contributed by atoms with van der Waals surface area (Å²) in [6, 6.07) is 21.3. The van der Waals surface area contributed by atoms with Gasteiger partial charge in [-0.3, -0.25) is 4.90 Å². The summed E-state index contributed by atoms with van der Waals surface area (Å²) < 4.78 is 0. The zero-order valence-electron chi connectivity index (χ0n) is 12.4. The van der Waals surface area contributed by atoms with Crippen LogP contribution in [-0.4, -0.2) is 29.7 Å². The number of hydrogen-bond acceptors (Lipinski definition) is 2. The van der Waals surface area contributed by atoms with Crippen LogP contribution in [-0.2, 0) is 0 Å². The lowest BCUT2D eigenvalue weighted by Gasteiger charge is -2.38. The lowest BCUT2D eigenvalue weighted by atomic mass is 9.89. The van der Waals surface area contributed by atoms with E-state index >= 15 is 0 Å². The Bertz CT molecular complexity index is 540. The zero-order chi connectivity index (χ0) is 14.5. The van der Waals surface area contributed by atoms with Crippen LogP contribution in [0.3, 0.4) is 0 Å². The number of aliphatic hydroxyl groups excluding tert-OH is 1. The van der Waals surface area contributed by atoms with Crippen LogP contribution in [0.5, 0.6) is 0 Å². The van der Waals surface area contributed by atoms with E-state index in [2.05, 4.69) is 59.5 Å². The first-order valence-corrected chi connectivity index (χ1v) is 7.83. The van der Waals surface area contributed by atoms with Crippen molar-refractivity contribution in [3.63, 3.8) is 0 Å². The maximum Gasteiger partial charge on any atom is 0.0628 e. The molecule has 0 spiro atoms. The maximum atomic E-state index is 9.85. The third-order valence-electron chi connectivity index (χ3n) is 4.52. The van der Waals surface area contributed by atoms with Crippen molar-refractivity contribution in [2.45, 2.75) is 24.8 Å². The highest BCUT2D eigenvalue weighted by molar-refractivity contribution is 5.22. The summed E-state index contributed by atoms with van der Waals surface area (Å²) >= 11 is 0. The number of nitrogens with zero attached hydrogens (tertiary/aromatic N) is 1. The summed E-state index contributed by atoms with van der Waals surface area (Å²) in [6.07, 6.45) is 2.44. The van der Waals surface area contributed by atoms with E-state index in [1.807, 2.05) is 6.07 Å². The number of hydrogen-bond donors (Lipinski definition) is 1. The van der Waals surface area contributed by atoms with Gasteiger partial charge in [0.2, 0.25) is 0 Å². The normalized spacial score (nSPS) is 21.1. The lowest BCUT2D eigenvalue weighted by Crippen LogP contribution is -2.38. The molecule has 1 aliphatic heterocycles. The van der Waals surface area contributed by atoms with Crippen molar-refractivity contribution in [2.24, 2.45) is 0 Å². The van der Waals surface area contributed by atoms with E-state index in [0.29, 0.717) is 5.92 Å². The largest absolute Gasteiger partial charge is 0.394 e. The average molecular weight is 281 g/mol. The van der Waals surface area contributed by atoms with E-state index in [4.69, 9.17) is 0 Å². The maximum absolute atomic E-state index is 9.85. The standard InChI is InChI=1S/C19H23NO/c21-15-19(17-10-5-2-6-11-17)20-13-7-12-18(14-20)16-8-3-1-4-9-16/h1-6,8-11,18-19,21H,7,12-15H2/t18-,19+/m1/s1. The van der Waals surface area contributed by atoms with Gasteiger partial charge in [0.1, 0.15) is 0 Å². The highest BCUT2D eigenvalue weighted by Gasteiger charge is 2.27. The molecule has 0 aromatic heterocycles. The molecule has 1 fully saturated rings. The smallest absolute Gasteiger partial charge is 0.0628 e. The molecule has 0 amide bonds. The summed E-state index contributed by atoms with van der Waals surface area (Å²) in [4.78, 5) is 2.44. The van der Waals surface area contributed by atoms with Gasteiger partial charge >= 0.3 is 0 Å². The van der Waals surface area contributed by atoms with Gasteiger partial charge < -0.3 is 5.11 Å². The van der Waals surface area contributed by atoms with E-state index in [0.717, 1.165) is 13.1 Å². The van der Waals surface area contributed by atoms with Gasteiger partial charge in [0.25, 0.3) is 0 Å². The molecule has 0 radical (unpaired) electrons. The third kappa shape index (κ3) is 3.34. The second kappa shape index (κ2) is 6.88. The number of benzene rings is 2. The van der Waals surface area contributed by atoms with Crippen LogP contribution in [0.15, 0.2) is 60.7 Å². The van der Waals surface area contributed by atoms with Gasteiger partial charge in [-0.2, -0.15) is 0 Å². The lowest BCUT2D eigenvalue weighted by molar-refractivity contribution is 0.0952. The second-order valence-electron chi connectivity index (χ2n) is 5.85. The Morgan fingerprint density at radius 1 is 1.00 bits per heavy atom. The van der Waals surface area contributed by atoms with E-state index in [9.17, 15) is 5.11 Å². The van der Waals surface area contributed by atoms with Crippen LogP contribution in [0, 0.1) is 0 Å². The topological polar surface area (TPSA) is 23.5 Å². The number of aliphatic hydroxyl groups is 1. The minimum absolute atomic E-state index is 0.123. The monoisotopic (exact) mass is 281 g/mol. The van der Waals surface area contributed by atoms with Gasteiger partial charge in [-0.15, -0.1) is 0 Å². The molecule has 2 aromatic carbocycles. The van der Waals surface area contributed by atoms with Crippen LogP contribution in [0.4, 0.5) is 0 Å². The highest BCUT2D eigenvalue weighted by atomic mass is 16.3. The molecule has 1 saturated heterocycles. The van der Waals surface area contributed by atoms with Gasteiger partial charge in [-0.25, -0.2) is 0 Å². The Labute approximate surface area is 127 Å². The third-order valence-corrected chi connectivity index (χ3v) is 4.52. The quantitative estimate of drug-likeness (QED) is 0.925. The fraction of sp³-hybridized carbons (Fsp3) is 0.368. The molecule has 3 rings (SSSR count). The minimum atomic E-state index is 0.123. The van der Waals surface area contributed by atoms with Crippen molar-refractivity contribution < 1.29 is 5.11 Å². The van der Waals surface area contributed by atoms with Crippen LogP contribution in [0.2, 0.25) is 0 Å². The number of likely N-dealkylation sites (tertiary alicyclic amines) is 1. The molecule has 0 saturated carbocycles. The van der Waals surface area contributed by atoms with Crippen LogP contribution >= 0.6 is 0 Å². The van der Waals surface area contributed by atoms with Crippen molar-refractivity contribution in [1.29, 1.82) is 0 Å². The number of piperidine rings is 1. The van der Waals surface area contributed by atoms with Gasteiger partial charge in [0.05, 0.1) is 12.6 Å². The second-order valence-corrected chi connectivity index (χ2v) is 5.85. The fourth-order valence-corrected chi connectivity index (χ4v) is 3.39. The Hall–Kier alpha value is -1.64. The molecule has 1 heterocycles. The Morgan fingerprint density at radius 2 is 1.67 bits per heavy atom. The number of rotatable bonds is 4. The van der Waals surface area contributed by atoms with Crippen LogP contribution in [0.25, 0.3) is 0 Å². The molecule has 0 unspecified atom stereocenters. The molecule has 2 atom stereocenters. The molecule has 2 nitrogen and oxygen atoms in total. The van der Waals surface area contributed by atoms with Gasteiger partial charge in [-0.1, -0.05) is 60.7 Å². The van der Waals surface area contributed by atoms with E-state index < -0.39 is 0 Å². The molecule has 110 valence electrons. The van der Waals surface area contributed by atoms with Crippen molar-refractivity contribution in [3.8, 4) is 0 Å².